The molecule has 0 spiro atoms. The second-order valence-corrected chi connectivity index (χ2v) is 10.3. The van der Waals surface area contributed by atoms with Crippen molar-refractivity contribution >= 4 is 11.8 Å². The molecule has 176 valence electrons. The molecule has 1 aromatic heterocycles. The van der Waals surface area contributed by atoms with Crippen molar-refractivity contribution in [1.29, 1.82) is 0 Å². The zero-order valence-electron chi connectivity index (χ0n) is 19.8. The summed E-state index contributed by atoms with van der Waals surface area (Å²) in [5.74, 6) is -0.292. The van der Waals surface area contributed by atoms with Gasteiger partial charge in [0, 0.05) is 25.7 Å². The Kier molecular flexibility index (Phi) is 5.99. The molecule has 2 amide bonds. The number of carbonyl (C=O) groups excluding carboxylic acids is 2. The van der Waals surface area contributed by atoms with Crippen molar-refractivity contribution < 1.29 is 9.59 Å². The minimum Gasteiger partial charge on any atom is -0.344 e. The van der Waals surface area contributed by atoms with Crippen LogP contribution < -0.4 is 10.6 Å². The minimum atomic E-state index is -0.385. The van der Waals surface area contributed by atoms with Gasteiger partial charge in [-0.1, -0.05) is 43.5 Å². The van der Waals surface area contributed by atoms with Gasteiger partial charge in [-0.05, 0) is 50.2 Å². The molecule has 1 fully saturated rings. The summed E-state index contributed by atoms with van der Waals surface area (Å²) in [7, 11) is 1.86. The van der Waals surface area contributed by atoms with Gasteiger partial charge >= 0.3 is 0 Å². The summed E-state index contributed by atoms with van der Waals surface area (Å²) in [6, 6.07) is 10.5. The molecular weight excluding hydrogens is 414 g/mol. The van der Waals surface area contributed by atoms with Gasteiger partial charge in [-0.3, -0.25) is 14.3 Å². The number of carbonyl (C=O) groups is 2. The molecule has 3 aliphatic rings. The predicted octanol–water partition coefficient (Wildman–Crippen LogP) is 3.46. The third-order valence-corrected chi connectivity index (χ3v) is 7.89. The summed E-state index contributed by atoms with van der Waals surface area (Å²) in [5, 5.41) is 11.4. The van der Waals surface area contributed by atoms with Gasteiger partial charge in [-0.25, -0.2) is 0 Å². The van der Waals surface area contributed by atoms with Crippen molar-refractivity contribution in [1.82, 2.24) is 25.3 Å². The lowest BCUT2D eigenvalue weighted by atomic mass is 9.87. The van der Waals surface area contributed by atoms with Crippen molar-refractivity contribution in [2.45, 2.75) is 82.5 Å². The van der Waals surface area contributed by atoms with Crippen LogP contribution in [-0.4, -0.2) is 51.7 Å². The van der Waals surface area contributed by atoms with E-state index in [1.807, 2.05) is 18.0 Å². The number of hydrogen-bond donors (Lipinski definition) is 2. The van der Waals surface area contributed by atoms with E-state index in [9.17, 15) is 9.59 Å². The minimum absolute atomic E-state index is 0.00971. The van der Waals surface area contributed by atoms with E-state index in [0.717, 1.165) is 25.8 Å². The van der Waals surface area contributed by atoms with Crippen molar-refractivity contribution in [3.63, 3.8) is 0 Å². The summed E-state index contributed by atoms with van der Waals surface area (Å²) in [6.45, 7) is 3.40. The highest BCUT2D eigenvalue weighted by Crippen LogP contribution is 2.30. The number of nitrogens with zero attached hydrogens (tertiary/aromatic N) is 3. The number of aromatic nitrogens is 2. The molecule has 2 aromatic rings. The molecule has 2 atom stereocenters. The number of nitrogens with one attached hydrogen (secondary N) is 2. The summed E-state index contributed by atoms with van der Waals surface area (Å²) in [5.41, 5.74) is 2.92. The maximum atomic E-state index is 13.2. The fraction of sp³-hybridized carbons (Fsp3) is 0.577. The molecule has 2 heterocycles. The Hall–Kier alpha value is -2.67. The lowest BCUT2D eigenvalue weighted by molar-refractivity contribution is 0.0430. The first kappa shape index (κ1) is 22.1. The number of aryl methyl sites for hydroxylation is 1. The van der Waals surface area contributed by atoms with Crippen molar-refractivity contribution in [3.8, 4) is 0 Å². The van der Waals surface area contributed by atoms with E-state index < -0.39 is 0 Å². The van der Waals surface area contributed by atoms with Crippen molar-refractivity contribution in [2.24, 2.45) is 0 Å². The summed E-state index contributed by atoms with van der Waals surface area (Å²) < 4.78 is 1.73. The first-order chi connectivity index (χ1) is 15.9. The Labute approximate surface area is 195 Å². The highest BCUT2D eigenvalue weighted by Gasteiger charge is 2.41. The van der Waals surface area contributed by atoms with E-state index in [0.29, 0.717) is 24.0 Å². The molecule has 7 heteroatoms. The average Bonchev–Trinajstić information content (AvgIpc) is 3.26. The van der Waals surface area contributed by atoms with Gasteiger partial charge < -0.3 is 15.5 Å². The molecule has 1 saturated carbocycles. The molecule has 33 heavy (non-hydrogen) atoms. The zero-order chi connectivity index (χ0) is 23.0. The van der Waals surface area contributed by atoms with Gasteiger partial charge in [0.15, 0.2) is 5.69 Å². The van der Waals surface area contributed by atoms with Crippen molar-refractivity contribution in [2.75, 3.05) is 13.6 Å². The average molecular weight is 450 g/mol. The Morgan fingerprint density at radius 1 is 1.15 bits per heavy atom. The number of rotatable bonds is 5. The molecule has 2 N–H and O–H groups in total. The second-order valence-electron chi connectivity index (χ2n) is 10.3. The third kappa shape index (κ3) is 4.31. The number of fused-ring (bicyclic) bond motifs is 2. The lowest BCUT2D eigenvalue weighted by Gasteiger charge is -2.43. The predicted molar refractivity (Wildman–Crippen MR) is 127 cm³/mol. The van der Waals surface area contributed by atoms with Crippen LogP contribution in [0.15, 0.2) is 30.3 Å². The van der Waals surface area contributed by atoms with Crippen molar-refractivity contribution in [3.05, 3.63) is 52.8 Å². The van der Waals surface area contributed by atoms with Crippen LogP contribution in [-0.2, 0) is 13.0 Å². The maximum absolute atomic E-state index is 13.2. The molecule has 1 aliphatic heterocycles. The van der Waals surface area contributed by atoms with Crippen LogP contribution in [0.4, 0.5) is 0 Å². The van der Waals surface area contributed by atoms with Gasteiger partial charge in [0.05, 0.1) is 18.1 Å². The molecule has 2 aliphatic carbocycles. The smallest absolute Gasteiger partial charge is 0.272 e. The van der Waals surface area contributed by atoms with Gasteiger partial charge in [0.25, 0.3) is 11.8 Å². The quantitative estimate of drug-likeness (QED) is 0.733. The van der Waals surface area contributed by atoms with Crippen LogP contribution >= 0.6 is 0 Å². The Morgan fingerprint density at radius 3 is 2.76 bits per heavy atom. The fourth-order valence-electron chi connectivity index (χ4n) is 5.65. The fourth-order valence-corrected chi connectivity index (χ4v) is 5.65. The third-order valence-electron chi connectivity index (χ3n) is 7.89. The van der Waals surface area contributed by atoms with E-state index >= 15 is 0 Å². The van der Waals surface area contributed by atoms with E-state index in [1.165, 1.54) is 43.2 Å². The van der Waals surface area contributed by atoms with Gasteiger partial charge in [-0.15, -0.1) is 0 Å². The Morgan fingerprint density at radius 2 is 1.94 bits per heavy atom. The molecule has 5 rings (SSSR count). The van der Waals surface area contributed by atoms with Crippen LogP contribution in [0.25, 0.3) is 0 Å². The highest BCUT2D eigenvalue weighted by atomic mass is 16.2. The van der Waals surface area contributed by atoms with Crippen LogP contribution in [0.2, 0.25) is 0 Å². The van der Waals surface area contributed by atoms with Crippen LogP contribution in [0, 0.1) is 0 Å². The maximum Gasteiger partial charge on any atom is 0.272 e. The zero-order valence-corrected chi connectivity index (χ0v) is 19.8. The van der Waals surface area contributed by atoms with Crippen LogP contribution in [0.5, 0.6) is 0 Å². The van der Waals surface area contributed by atoms with E-state index in [-0.39, 0.29) is 23.4 Å². The lowest BCUT2D eigenvalue weighted by Crippen LogP contribution is -2.60. The summed E-state index contributed by atoms with van der Waals surface area (Å²) in [6.07, 6.45) is 9.30. The number of benzene rings is 1. The first-order valence-electron chi connectivity index (χ1n) is 12.4. The topological polar surface area (TPSA) is 79.3 Å². The van der Waals surface area contributed by atoms with E-state index in [1.54, 1.807) is 10.7 Å². The molecule has 0 bridgehead atoms. The standard InChI is InChI=1S/C26H35N5O2/c1-26(16-27-19-11-4-3-5-12-19)17-31-23(25(33)30(26)2)15-22(29-31)24(32)28-21-14-8-10-18-9-6-7-13-20(18)21/h6-7,9,13,15,19,21,27H,3-5,8,10-12,14,16-17H2,1-2H3,(H,28,32). The Bertz CT molecular complexity index is 1040. The molecule has 0 radical (unpaired) electrons. The molecule has 7 nitrogen and oxygen atoms in total. The first-order valence-corrected chi connectivity index (χ1v) is 12.4. The molecule has 2 unspecified atom stereocenters. The van der Waals surface area contributed by atoms with E-state index in [2.05, 4.69) is 40.9 Å². The number of amides is 2. The normalized spacial score (nSPS) is 25.5. The van der Waals surface area contributed by atoms with E-state index in [4.69, 9.17) is 0 Å². The second kappa shape index (κ2) is 8.93. The Balaban J connectivity index is 1.30. The summed E-state index contributed by atoms with van der Waals surface area (Å²) >= 11 is 0. The molecule has 0 saturated heterocycles. The van der Waals surface area contributed by atoms with Gasteiger partial charge in [0.1, 0.15) is 5.69 Å². The van der Waals surface area contributed by atoms with Gasteiger partial charge in [-0.2, -0.15) is 5.10 Å². The van der Waals surface area contributed by atoms with Crippen LogP contribution in [0.1, 0.15) is 90.0 Å². The molecular formula is C26H35N5O2. The number of hydrogen-bond acceptors (Lipinski definition) is 4. The summed E-state index contributed by atoms with van der Waals surface area (Å²) in [4.78, 5) is 28.1. The van der Waals surface area contributed by atoms with Crippen LogP contribution in [0.3, 0.4) is 0 Å². The largest absolute Gasteiger partial charge is 0.344 e. The number of likely N-dealkylation sites (N-methyl/N-ethyl adjacent to an activating group) is 1. The SMILES string of the molecule is CN1C(=O)c2cc(C(=O)NC3CCCc4ccccc43)nn2CC1(C)CNC1CCCCC1. The molecule has 1 aromatic carbocycles. The highest BCUT2D eigenvalue weighted by molar-refractivity contribution is 5.98. The monoisotopic (exact) mass is 449 g/mol. The van der Waals surface area contributed by atoms with Gasteiger partial charge in [0.2, 0.25) is 0 Å².